The maximum atomic E-state index is 12.7. The maximum Gasteiger partial charge on any atom is 0.248 e. The number of hydrogen-bond donors (Lipinski definition) is 3. The largest absolute Gasteiger partial charge is 0.504 e. The van der Waals surface area contributed by atoms with Gasteiger partial charge in [0.05, 0.1) is 10.8 Å². The average molecular weight is 373 g/mol. The van der Waals surface area contributed by atoms with Crippen LogP contribution >= 0.6 is 0 Å². The van der Waals surface area contributed by atoms with Gasteiger partial charge in [-0.05, 0) is 54.1 Å². The van der Waals surface area contributed by atoms with Gasteiger partial charge >= 0.3 is 0 Å². The average Bonchev–Trinajstić information content (AvgIpc) is 2.70. The minimum atomic E-state index is -0.405. The van der Waals surface area contributed by atoms with Gasteiger partial charge in [0, 0.05) is 11.8 Å². The molecule has 0 saturated heterocycles. The van der Waals surface area contributed by atoms with Crippen LogP contribution in [-0.4, -0.2) is 16.1 Å². The van der Waals surface area contributed by atoms with E-state index in [0.717, 1.165) is 0 Å². The molecule has 0 radical (unpaired) electrons. The molecule has 6 heteroatoms. The zero-order valence-corrected chi connectivity index (χ0v) is 14.5. The first-order chi connectivity index (χ1) is 13.5. The quantitative estimate of drug-likeness (QED) is 0.286. The van der Waals surface area contributed by atoms with Crippen LogP contribution in [0.25, 0.3) is 28.0 Å². The van der Waals surface area contributed by atoms with E-state index in [0.29, 0.717) is 33.2 Å². The number of rotatable bonds is 3. The van der Waals surface area contributed by atoms with Crippen LogP contribution < -0.4 is 10.7 Å². The van der Waals surface area contributed by atoms with Crippen molar-refractivity contribution in [3.05, 3.63) is 82.5 Å². The van der Waals surface area contributed by atoms with Crippen molar-refractivity contribution in [1.29, 1.82) is 0 Å². The van der Waals surface area contributed by atoms with Gasteiger partial charge in [0.25, 0.3) is 0 Å². The molecule has 1 heterocycles. The highest BCUT2D eigenvalue weighted by Crippen LogP contribution is 2.25. The number of hydrogen-bond acceptors (Lipinski definition) is 5. The van der Waals surface area contributed by atoms with Crippen molar-refractivity contribution in [2.24, 2.45) is 0 Å². The molecule has 3 N–H and O–H groups in total. The summed E-state index contributed by atoms with van der Waals surface area (Å²) < 4.78 is 5.74. The number of amides is 1. The van der Waals surface area contributed by atoms with Crippen molar-refractivity contribution in [1.82, 2.24) is 0 Å². The highest BCUT2D eigenvalue weighted by Gasteiger charge is 2.08. The number of phenolic OH excluding ortho intramolecular Hbond substituents is 2. The fourth-order valence-electron chi connectivity index (χ4n) is 2.88. The van der Waals surface area contributed by atoms with Gasteiger partial charge in [-0.2, -0.15) is 0 Å². The van der Waals surface area contributed by atoms with Gasteiger partial charge in [-0.15, -0.1) is 0 Å². The number of fused-ring (bicyclic) bond motifs is 2. The number of para-hydroxylation sites is 1. The summed E-state index contributed by atoms with van der Waals surface area (Å²) in [4.78, 5) is 24.8. The summed E-state index contributed by atoms with van der Waals surface area (Å²) >= 11 is 0. The third-order valence-electron chi connectivity index (χ3n) is 4.27. The van der Waals surface area contributed by atoms with Crippen molar-refractivity contribution in [3.8, 4) is 11.5 Å². The summed E-state index contributed by atoms with van der Waals surface area (Å²) in [6, 6.07) is 16.1. The van der Waals surface area contributed by atoms with E-state index in [1.807, 2.05) is 0 Å². The molecule has 0 bridgehead atoms. The number of carbonyl (C=O) groups is 1. The van der Waals surface area contributed by atoms with Gasteiger partial charge in [0.1, 0.15) is 11.2 Å². The Labute approximate surface area is 159 Å². The number of carbonyl (C=O) groups excluding carboxylic acids is 1. The third-order valence-corrected chi connectivity index (χ3v) is 4.27. The molecular formula is C22H15NO5. The molecule has 0 aliphatic carbocycles. The Balaban J connectivity index is 1.60. The van der Waals surface area contributed by atoms with E-state index in [1.54, 1.807) is 48.5 Å². The highest BCUT2D eigenvalue weighted by molar-refractivity contribution is 6.03. The fourth-order valence-corrected chi connectivity index (χ4v) is 2.88. The van der Waals surface area contributed by atoms with Gasteiger partial charge in [-0.25, -0.2) is 0 Å². The van der Waals surface area contributed by atoms with Crippen LogP contribution in [0, 0.1) is 0 Å². The monoisotopic (exact) mass is 373 g/mol. The fraction of sp³-hybridized carbons (Fsp3) is 0. The molecule has 28 heavy (non-hydrogen) atoms. The molecule has 1 aromatic heterocycles. The standard InChI is InChI=1S/C22H15NO5/c24-17-8-5-13(11-18(17)25)6-10-21(26)23-14-7-9-20-16(12-14)22(27)15-3-1-2-4-19(15)28-20/h1-12,24-25H,(H,23,26)/b10-6+. The molecule has 0 atom stereocenters. The van der Waals surface area contributed by atoms with Crippen molar-refractivity contribution < 1.29 is 19.4 Å². The first-order valence-electron chi connectivity index (χ1n) is 8.48. The Kier molecular flexibility index (Phi) is 4.29. The summed E-state index contributed by atoms with van der Waals surface area (Å²) in [6.45, 7) is 0. The molecule has 0 fully saturated rings. The maximum absolute atomic E-state index is 12.7. The van der Waals surface area contributed by atoms with Crippen LogP contribution in [0.5, 0.6) is 11.5 Å². The van der Waals surface area contributed by atoms with Crippen LogP contribution in [0.1, 0.15) is 5.56 Å². The summed E-state index contributed by atoms with van der Waals surface area (Å²) in [6.07, 6.45) is 2.79. The molecule has 0 spiro atoms. The lowest BCUT2D eigenvalue weighted by atomic mass is 10.1. The first-order valence-corrected chi connectivity index (χ1v) is 8.48. The normalized spacial score (nSPS) is 11.3. The summed E-state index contributed by atoms with van der Waals surface area (Å²) in [5.41, 5.74) is 1.80. The molecule has 4 rings (SSSR count). The molecule has 138 valence electrons. The Morgan fingerprint density at radius 2 is 1.68 bits per heavy atom. The van der Waals surface area contributed by atoms with E-state index in [2.05, 4.69) is 5.32 Å². The predicted molar refractivity (Wildman–Crippen MR) is 107 cm³/mol. The van der Waals surface area contributed by atoms with E-state index in [4.69, 9.17) is 4.42 Å². The van der Waals surface area contributed by atoms with Crippen molar-refractivity contribution >= 4 is 39.6 Å². The molecular weight excluding hydrogens is 358 g/mol. The van der Waals surface area contributed by atoms with Crippen molar-refractivity contribution in [3.63, 3.8) is 0 Å². The molecule has 3 aromatic carbocycles. The number of aromatic hydroxyl groups is 2. The van der Waals surface area contributed by atoms with Gasteiger partial charge in [-0.3, -0.25) is 9.59 Å². The lowest BCUT2D eigenvalue weighted by Gasteiger charge is -2.05. The van der Waals surface area contributed by atoms with Gasteiger partial charge < -0.3 is 19.9 Å². The second-order valence-corrected chi connectivity index (χ2v) is 6.21. The number of phenols is 2. The summed E-state index contributed by atoms with van der Waals surface area (Å²) in [7, 11) is 0. The van der Waals surface area contributed by atoms with Crippen molar-refractivity contribution in [2.45, 2.75) is 0 Å². The topological polar surface area (TPSA) is 99.8 Å². The van der Waals surface area contributed by atoms with Crippen LogP contribution in [0.15, 0.2) is 76.0 Å². The molecule has 0 unspecified atom stereocenters. The van der Waals surface area contributed by atoms with Crippen LogP contribution in [0.4, 0.5) is 5.69 Å². The SMILES string of the molecule is O=C(/C=C/c1ccc(O)c(O)c1)Nc1ccc2oc3ccccc3c(=O)c2c1. The van der Waals surface area contributed by atoms with E-state index < -0.39 is 5.91 Å². The second-order valence-electron chi connectivity index (χ2n) is 6.21. The Bertz CT molecular complexity index is 1300. The van der Waals surface area contributed by atoms with Crippen LogP contribution in [-0.2, 0) is 4.79 Å². The zero-order valence-electron chi connectivity index (χ0n) is 14.5. The minimum Gasteiger partial charge on any atom is -0.504 e. The second kappa shape index (κ2) is 6.92. The smallest absolute Gasteiger partial charge is 0.248 e. The molecule has 0 saturated carbocycles. The number of anilines is 1. The Morgan fingerprint density at radius 3 is 2.50 bits per heavy atom. The third kappa shape index (κ3) is 3.31. The first kappa shape index (κ1) is 17.4. The molecule has 6 nitrogen and oxygen atoms in total. The highest BCUT2D eigenvalue weighted by atomic mass is 16.3. The van der Waals surface area contributed by atoms with E-state index in [9.17, 15) is 19.8 Å². The summed E-state index contributed by atoms with van der Waals surface area (Å²) in [5, 5.41) is 22.3. The molecule has 0 aliphatic rings. The van der Waals surface area contributed by atoms with E-state index >= 15 is 0 Å². The van der Waals surface area contributed by atoms with E-state index in [1.165, 1.54) is 24.3 Å². The van der Waals surface area contributed by atoms with Crippen LogP contribution in [0.3, 0.4) is 0 Å². The predicted octanol–water partition coefficient (Wildman–Crippen LogP) is 4.01. The van der Waals surface area contributed by atoms with Gasteiger partial charge in [-0.1, -0.05) is 18.2 Å². The number of nitrogens with one attached hydrogen (secondary N) is 1. The van der Waals surface area contributed by atoms with Crippen LogP contribution in [0.2, 0.25) is 0 Å². The summed E-state index contributed by atoms with van der Waals surface area (Å²) in [5.74, 6) is -0.905. The minimum absolute atomic E-state index is 0.164. The van der Waals surface area contributed by atoms with E-state index in [-0.39, 0.29) is 16.9 Å². The Morgan fingerprint density at radius 1 is 0.893 bits per heavy atom. The number of benzene rings is 3. The Hall–Kier alpha value is -4.06. The van der Waals surface area contributed by atoms with Crippen molar-refractivity contribution in [2.75, 3.05) is 5.32 Å². The lowest BCUT2D eigenvalue weighted by Crippen LogP contribution is -2.09. The lowest BCUT2D eigenvalue weighted by molar-refractivity contribution is -0.111. The van der Waals surface area contributed by atoms with Gasteiger partial charge in [0.2, 0.25) is 11.3 Å². The molecule has 4 aromatic rings. The molecule has 1 amide bonds. The van der Waals surface area contributed by atoms with Gasteiger partial charge in [0.15, 0.2) is 11.5 Å². The molecule has 0 aliphatic heterocycles. The zero-order chi connectivity index (χ0) is 19.7.